The van der Waals surface area contributed by atoms with Gasteiger partial charge in [0.25, 0.3) is 5.91 Å². The third kappa shape index (κ3) is 3.68. The van der Waals surface area contributed by atoms with Gasteiger partial charge in [0.1, 0.15) is 0 Å². The number of likely N-dealkylation sites (N-methyl/N-ethyl adjacent to an activating group) is 1. The lowest BCUT2D eigenvalue weighted by molar-refractivity contribution is 0.0768. The highest BCUT2D eigenvalue weighted by Gasteiger charge is 2.36. The average Bonchev–Trinajstić information content (AvgIpc) is 3.07. The van der Waals surface area contributed by atoms with Gasteiger partial charge in [0.05, 0.1) is 30.3 Å². The summed E-state index contributed by atoms with van der Waals surface area (Å²) in [7, 11) is -2.42. The minimum atomic E-state index is -3.84. The van der Waals surface area contributed by atoms with E-state index in [-0.39, 0.29) is 24.0 Å². The maximum Gasteiger partial charge on any atom is 0.254 e. The average molecular weight is 380 g/mol. The van der Waals surface area contributed by atoms with Gasteiger partial charge >= 0.3 is 0 Å². The first kappa shape index (κ1) is 19.0. The molecule has 1 aromatic carbocycles. The SMILES string of the molecule is CC1=CCN(C(=O)c2cccc(S(=O)(=O)N(C)[C@@H]3COC[C@H]3O)c2)CC1. The number of ether oxygens (including phenoxy) is 1. The topological polar surface area (TPSA) is 87.2 Å². The zero-order chi connectivity index (χ0) is 18.9. The Hall–Kier alpha value is -1.74. The van der Waals surface area contributed by atoms with Gasteiger partial charge in [-0.2, -0.15) is 4.31 Å². The van der Waals surface area contributed by atoms with Gasteiger partial charge in [0.15, 0.2) is 0 Å². The van der Waals surface area contributed by atoms with Crippen molar-refractivity contribution in [2.45, 2.75) is 30.4 Å². The van der Waals surface area contributed by atoms with E-state index in [9.17, 15) is 18.3 Å². The summed E-state index contributed by atoms with van der Waals surface area (Å²) in [5.41, 5.74) is 1.60. The lowest BCUT2D eigenvalue weighted by Gasteiger charge is -2.27. The van der Waals surface area contributed by atoms with Crippen molar-refractivity contribution in [3.63, 3.8) is 0 Å². The number of nitrogens with zero attached hydrogens (tertiary/aromatic N) is 2. The summed E-state index contributed by atoms with van der Waals surface area (Å²) in [6.45, 7) is 3.46. The van der Waals surface area contributed by atoms with Crippen molar-refractivity contribution in [1.29, 1.82) is 0 Å². The number of benzene rings is 1. The summed E-state index contributed by atoms with van der Waals surface area (Å²) >= 11 is 0. The molecule has 7 nitrogen and oxygen atoms in total. The van der Waals surface area contributed by atoms with E-state index in [1.54, 1.807) is 17.0 Å². The number of carbonyl (C=O) groups excluding carboxylic acids is 1. The molecule has 1 saturated heterocycles. The van der Waals surface area contributed by atoms with Crippen LogP contribution in [-0.2, 0) is 14.8 Å². The van der Waals surface area contributed by atoms with Crippen LogP contribution in [0.2, 0.25) is 0 Å². The molecule has 0 saturated carbocycles. The van der Waals surface area contributed by atoms with Gasteiger partial charge in [-0.25, -0.2) is 8.42 Å². The maximum absolute atomic E-state index is 12.9. The standard InChI is InChI=1S/C18H24N2O5S/c1-13-6-8-20(9-7-13)18(22)14-4-3-5-15(10-14)26(23,24)19(2)16-11-25-12-17(16)21/h3-6,10,16-17,21H,7-9,11-12H2,1-2H3/t16-,17-/m1/s1. The van der Waals surface area contributed by atoms with Crippen LogP contribution in [0, 0.1) is 0 Å². The number of sulfonamides is 1. The number of aliphatic hydroxyl groups excluding tert-OH is 1. The molecule has 2 aliphatic rings. The first-order valence-corrected chi connectivity index (χ1v) is 10.0. The second-order valence-corrected chi connectivity index (χ2v) is 8.77. The van der Waals surface area contributed by atoms with Crippen LogP contribution in [0.4, 0.5) is 0 Å². The van der Waals surface area contributed by atoms with Crippen molar-refractivity contribution >= 4 is 15.9 Å². The largest absolute Gasteiger partial charge is 0.389 e. The van der Waals surface area contributed by atoms with Crippen molar-refractivity contribution in [1.82, 2.24) is 9.21 Å². The molecule has 0 unspecified atom stereocenters. The number of rotatable bonds is 4. The smallest absolute Gasteiger partial charge is 0.254 e. The van der Waals surface area contributed by atoms with Crippen LogP contribution in [0.3, 0.4) is 0 Å². The Morgan fingerprint density at radius 2 is 2.12 bits per heavy atom. The van der Waals surface area contributed by atoms with E-state index < -0.39 is 22.2 Å². The second kappa shape index (κ2) is 7.48. The zero-order valence-electron chi connectivity index (χ0n) is 15.0. The van der Waals surface area contributed by atoms with Crippen molar-refractivity contribution in [2.75, 3.05) is 33.4 Å². The molecule has 0 spiro atoms. The Morgan fingerprint density at radius 1 is 1.35 bits per heavy atom. The highest BCUT2D eigenvalue weighted by Crippen LogP contribution is 2.23. The molecular weight excluding hydrogens is 356 g/mol. The van der Waals surface area contributed by atoms with Crippen LogP contribution in [0.5, 0.6) is 0 Å². The first-order valence-electron chi connectivity index (χ1n) is 8.59. The van der Waals surface area contributed by atoms with Crippen LogP contribution >= 0.6 is 0 Å². The monoisotopic (exact) mass is 380 g/mol. The van der Waals surface area contributed by atoms with Gasteiger partial charge in [-0.05, 0) is 31.5 Å². The minimum absolute atomic E-state index is 0.0358. The van der Waals surface area contributed by atoms with E-state index in [2.05, 4.69) is 0 Å². The van der Waals surface area contributed by atoms with Crippen LogP contribution in [-0.4, -0.2) is 74.1 Å². The molecule has 0 radical (unpaired) electrons. The van der Waals surface area contributed by atoms with Gasteiger partial charge in [0, 0.05) is 25.7 Å². The quantitative estimate of drug-likeness (QED) is 0.783. The third-order valence-electron chi connectivity index (χ3n) is 4.97. The Balaban J connectivity index is 1.83. The Morgan fingerprint density at radius 3 is 2.73 bits per heavy atom. The lowest BCUT2D eigenvalue weighted by Crippen LogP contribution is -2.44. The van der Waals surface area contributed by atoms with E-state index in [0.717, 1.165) is 10.7 Å². The fourth-order valence-electron chi connectivity index (χ4n) is 3.15. The van der Waals surface area contributed by atoms with E-state index in [4.69, 9.17) is 4.74 Å². The van der Waals surface area contributed by atoms with Gasteiger partial charge in [-0.1, -0.05) is 17.7 Å². The maximum atomic E-state index is 12.9. The third-order valence-corrected chi connectivity index (χ3v) is 6.85. The molecule has 1 N–H and O–H groups in total. The summed E-state index contributed by atoms with van der Waals surface area (Å²) in [6, 6.07) is 5.43. The van der Waals surface area contributed by atoms with Gasteiger partial charge in [-0.3, -0.25) is 4.79 Å². The van der Waals surface area contributed by atoms with E-state index in [1.807, 2.05) is 13.0 Å². The number of amides is 1. The molecule has 0 aromatic heterocycles. The van der Waals surface area contributed by atoms with Crippen molar-refractivity contribution in [2.24, 2.45) is 0 Å². The summed E-state index contributed by atoms with van der Waals surface area (Å²) in [5.74, 6) is -0.183. The Kier molecular flexibility index (Phi) is 5.47. The Labute approximate surface area is 153 Å². The van der Waals surface area contributed by atoms with Gasteiger partial charge < -0.3 is 14.7 Å². The van der Waals surface area contributed by atoms with Crippen LogP contribution in [0.25, 0.3) is 0 Å². The zero-order valence-corrected chi connectivity index (χ0v) is 15.8. The molecule has 0 aliphatic carbocycles. The van der Waals surface area contributed by atoms with E-state index in [1.165, 1.54) is 24.8 Å². The summed E-state index contributed by atoms with van der Waals surface area (Å²) < 4.78 is 32.0. The molecule has 1 aromatic rings. The summed E-state index contributed by atoms with van der Waals surface area (Å²) in [6.07, 6.45) is 1.98. The fourth-order valence-corrected chi connectivity index (χ4v) is 4.57. The van der Waals surface area contributed by atoms with Crippen molar-refractivity contribution in [3.8, 4) is 0 Å². The normalized spacial score (nSPS) is 24.0. The highest BCUT2D eigenvalue weighted by atomic mass is 32.2. The molecular formula is C18H24N2O5S. The number of hydrogen-bond donors (Lipinski definition) is 1. The fraction of sp³-hybridized carbons (Fsp3) is 0.500. The molecule has 2 heterocycles. The van der Waals surface area contributed by atoms with Crippen molar-refractivity contribution < 1.29 is 23.1 Å². The predicted molar refractivity (Wildman–Crippen MR) is 96.3 cm³/mol. The van der Waals surface area contributed by atoms with Crippen LogP contribution < -0.4 is 0 Å². The highest BCUT2D eigenvalue weighted by molar-refractivity contribution is 7.89. The van der Waals surface area contributed by atoms with E-state index in [0.29, 0.717) is 18.7 Å². The molecule has 142 valence electrons. The van der Waals surface area contributed by atoms with Gasteiger partial charge in [0.2, 0.25) is 10.0 Å². The molecule has 1 amide bonds. The summed E-state index contributed by atoms with van der Waals surface area (Å²) in [5, 5.41) is 9.91. The number of aliphatic hydroxyl groups is 1. The molecule has 3 rings (SSSR count). The van der Waals surface area contributed by atoms with Crippen LogP contribution in [0.1, 0.15) is 23.7 Å². The number of carbonyl (C=O) groups is 1. The molecule has 2 aliphatic heterocycles. The molecule has 8 heteroatoms. The second-order valence-electron chi connectivity index (χ2n) is 6.77. The first-order chi connectivity index (χ1) is 12.3. The number of hydrogen-bond acceptors (Lipinski definition) is 5. The summed E-state index contributed by atoms with van der Waals surface area (Å²) in [4.78, 5) is 14.4. The predicted octanol–water partition coefficient (Wildman–Crippen LogP) is 0.859. The van der Waals surface area contributed by atoms with E-state index >= 15 is 0 Å². The van der Waals surface area contributed by atoms with Crippen LogP contribution in [0.15, 0.2) is 40.8 Å². The molecule has 26 heavy (non-hydrogen) atoms. The van der Waals surface area contributed by atoms with Gasteiger partial charge in [-0.15, -0.1) is 0 Å². The molecule has 2 atom stereocenters. The molecule has 0 bridgehead atoms. The Bertz CT molecular complexity index is 821. The molecule has 1 fully saturated rings. The van der Waals surface area contributed by atoms with Crippen molar-refractivity contribution in [3.05, 3.63) is 41.5 Å². The lowest BCUT2D eigenvalue weighted by atomic mass is 10.1. The minimum Gasteiger partial charge on any atom is -0.389 e.